The van der Waals surface area contributed by atoms with Crippen LogP contribution in [0.25, 0.3) is 0 Å². The third kappa shape index (κ3) is 2.72. The molecule has 2 aliphatic heterocycles. The highest BCUT2D eigenvalue weighted by Crippen LogP contribution is 2.31. The van der Waals surface area contributed by atoms with E-state index < -0.39 is 5.92 Å². The van der Waals surface area contributed by atoms with Crippen LogP contribution in [-0.2, 0) is 0 Å². The summed E-state index contributed by atoms with van der Waals surface area (Å²) in [4.78, 5) is 4.43. The van der Waals surface area contributed by atoms with Gasteiger partial charge < -0.3 is 4.90 Å². The zero-order chi connectivity index (χ0) is 11.8. The van der Waals surface area contributed by atoms with E-state index in [1.165, 1.54) is 0 Å². The Balaban J connectivity index is 1.81. The summed E-state index contributed by atoms with van der Waals surface area (Å²) < 4.78 is 26.2. The zero-order valence-corrected chi connectivity index (χ0v) is 10.3. The molecular weight excluding hydrogens is 210 g/mol. The van der Waals surface area contributed by atoms with Crippen LogP contribution in [0.1, 0.15) is 33.1 Å². The minimum Gasteiger partial charge on any atom is -0.301 e. The number of alkyl halides is 2. The molecule has 0 aliphatic carbocycles. The van der Waals surface area contributed by atoms with E-state index in [4.69, 9.17) is 0 Å². The summed E-state index contributed by atoms with van der Waals surface area (Å²) in [5.41, 5.74) is 0. The topological polar surface area (TPSA) is 6.48 Å². The average molecular weight is 232 g/mol. The van der Waals surface area contributed by atoms with Crippen molar-refractivity contribution in [2.75, 3.05) is 26.2 Å². The average Bonchev–Trinajstić information content (AvgIpc) is 2.59. The monoisotopic (exact) mass is 232 g/mol. The van der Waals surface area contributed by atoms with Crippen LogP contribution < -0.4 is 0 Å². The predicted molar refractivity (Wildman–Crippen MR) is 60.9 cm³/mol. The summed E-state index contributed by atoms with van der Waals surface area (Å²) in [7, 11) is 0. The first-order valence-electron chi connectivity index (χ1n) is 6.34. The van der Waals surface area contributed by atoms with Crippen LogP contribution in [-0.4, -0.2) is 54.0 Å². The van der Waals surface area contributed by atoms with Crippen LogP contribution in [0.4, 0.5) is 8.78 Å². The quantitative estimate of drug-likeness (QED) is 0.720. The van der Waals surface area contributed by atoms with E-state index in [0.29, 0.717) is 18.6 Å². The van der Waals surface area contributed by atoms with E-state index in [1.807, 2.05) is 4.90 Å². The Hall–Kier alpha value is -0.220. The van der Waals surface area contributed by atoms with Crippen molar-refractivity contribution < 1.29 is 8.78 Å². The first kappa shape index (κ1) is 12.2. The Kier molecular flexibility index (Phi) is 3.50. The predicted octanol–water partition coefficient (Wildman–Crippen LogP) is 2.20. The van der Waals surface area contributed by atoms with Crippen LogP contribution in [0.5, 0.6) is 0 Å². The van der Waals surface area contributed by atoms with Gasteiger partial charge in [0.1, 0.15) is 0 Å². The van der Waals surface area contributed by atoms with Crippen molar-refractivity contribution in [2.45, 2.75) is 51.1 Å². The lowest BCUT2D eigenvalue weighted by molar-refractivity contribution is 0.00231. The minimum atomic E-state index is -2.44. The van der Waals surface area contributed by atoms with Crippen LogP contribution in [0.3, 0.4) is 0 Å². The molecule has 0 saturated carbocycles. The number of piperidine rings is 1. The standard InChI is InChI=1S/C12H22F2N2/c1-10(2)15-6-3-11(4-7-15)16-8-5-12(13,14)9-16/h10-11H,3-9H2,1-2H3. The maximum Gasteiger partial charge on any atom is 0.261 e. The van der Waals surface area contributed by atoms with E-state index in [9.17, 15) is 8.78 Å². The van der Waals surface area contributed by atoms with Gasteiger partial charge in [-0.25, -0.2) is 8.78 Å². The minimum absolute atomic E-state index is 0.0145. The maximum atomic E-state index is 13.1. The van der Waals surface area contributed by atoms with Gasteiger partial charge in [0, 0.05) is 25.0 Å². The second kappa shape index (κ2) is 4.57. The molecule has 0 amide bonds. The molecule has 0 bridgehead atoms. The summed E-state index contributed by atoms with van der Waals surface area (Å²) in [6.07, 6.45) is 2.15. The van der Waals surface area contributed by atoms with Gasteiger partial charge in [-0.15, -0.1) is 0 Å². The molecule has 16 heavy (non-hydrogen) atoms. The van der Waals surface area contributed by atoms with Crippen LogP contribution in [0.2, 0.25) is 0 Å². The molecule has 2 aliphatic rings. The van der Waals surface area contributed by atoms with Crippen LogP contribution >= 0.6 is 0 Å². The maximum absolute atomic E-state index is 13.1. The van der Waals surface area contributed by atoms with E-state index in [2.05, 4.69) is 18.7 Å². The van der Waals surface area contributed by atoms with Gasteiger partial charge in [-0.1, -0.05) is 0 Å². The number of rotatable bonds is 2. The number of halogens is 2. The highest BCUT2D eigenvalue weighted by molar-refractivity contribution is 4.89. The first-order valence-corrected chi connectivity index (χ1v) is 6.34. The van der Waals surface area contributed by atoms with Gasteiger partial charge in [-0.3, -0.25) is 4.90 Å². The van der Waals surface area contributed by atoms with Crippen molar-refractivity contribution in [3.8, 4) is 0 Å². The largest absolute Gasteiger partial charge is 0.301 e. The third-order valence-electron chi connectivity index (χ3n) is 3.94. The van der Waals surface area contributed by atoms with Crippen molar-refractivity contribution in [2.24, 2.45) is 0 Å². The molecule has 0 radical (unpaired) electrons. The van der Waals surface area contributed by atoms with E-state index in [-0.39, 0.29) is 13.0 Å². The fourth-order valence-corrected chi connectivity index (χ4v) is 2.84. The Labute approximate surface area is 96.6 Å². The second-order valence-corrected chi connectivity index (χ2v) is 5.44. The molecule has 2 rings (SSSR count). The fourth-order valence-electron chi connectivity index (χ4n) is 2.84. The van der Waals surface area contributed by atoms with E-state index >= 15 is 0 Å². The van der Waals surface area contributed by atoms with E-state index in [0.717, 1.165) is 25.9 Å². The molecule has 0 aromatic rings. The Bertz CT molecular complexity index is 235. The highest BCUT2D eigenvalue weighted by atomic mass is 19.3. The van der Waals surface area contributed by atoms with Gasteiger partial charge in [0.25, 0.3) is 5.92 Å². The van der Waals surface area contributed by atoms with Gasteiger partial charge in [0.05, 0.1) is 6.54 Å². The van der Waals surface area contributed by atoms with E-state index in [1.54, 1.807) is 0 Å². The summed E-state index contributed by atoms with van der Waals surface area (Å²) in [5, 5.41) is 0. The molecule has 0 aromatic heterocycles. The molecule has 0 atom stereocenters. The molecule has 2 fully saturated rings. The van der Waals surface area contributed by atoms with Crippen LogP contribution in [0, 0.1) is 0 Å². The Morgan fingerprint density at radius 1 is 1.12 bits per heavy atom. The highest BCUT2D eigenvalue weighted by Gasteiger charge is 2.41. The second-order valence-electron chi connectivity index (χ2n) is 5.44. The first-order chi connectivity index (χ1) is 7.48. The summed E-state index contributed by atoms with van der Waals surface area (Å²) in [6, 6.07) is 0.976. The Morgan fingerprint density at radius 2 is 1.75 bits per heavy atom. The number of hydrogen-bond donors (Lipinski definition) is 0. The SMILES string of the molecule is CC(C)N1CCC(N2CCC(F)(F)C2)CC1. The molecule has 4 heteroatoms. The summed E-state index contributed by atoms with van der Waals surface area (Å²) >= 11 is 0. The molecule has 0 unspecified atom stereocenters. The molecule has 0 spiro atoms. The molecule has 0 aromatic carbocycles. The third-order valence-corrected chi connectivity index (χ3v) is 3.94. The molecule has 2 heterocycles. The Morgan fingerprint density at radius 3 is 2.19 bits per heavy atom. The van der Waals surface area contributed by atoms with Crippen molar-refractivity contribution >= 4 is 0 Å². The lowest BCUT2D eigenvalue weighted by Crippen LogP contribution is -2.46. The van der Waals surface area contributed by atoms with Crippen molar-refractivity contribution in [3.05, 3.63) is 0 Å². The number of nitrogens with zero attached hydrogens (tertiary/aromatic N) is 2. The van der Waals surface area contributed by atoms with Gasteiger partial charge in [0.15, 0.2) is 0 Å². The van der Waals surface area contributed by atoms with Crippen molar-refractivity contribution in [1.82, 2.24) is 9.80 Å². The summed E-state index contributed by atoms with van der Waals surface area (Å²) in [5.74, 6) is -2.44. The number of hydrogen-bond acceptors (Lipinski definition) is 2. The van der Waals surface area contributed by atoms with Gasteiger partial charge in [-0.2, -0.15) is 0 Å². The van der Waals surface area contributed by atoms with Crippen molar-refractivity contribution in [1.29, 1.82) is 0 Å². The van der Waals surface area contributed by atoms with Gasteiger partial charge in [-0.05, 0) is 39.8 Å². The van der Waals surface area contributed by atoms with Gasteiger partial charge >= 0.3 is 0 Å². The molecule has 0 N–H and O–H groups in total. The number of likely N-dealkylation sites (tertiary alicyclic amines) is 2. The summed E-state index contributed by atoms with van der Waals surface area (Å²) in [6.45, 7) is 7.09. The fraction of sp³-hybridized carbons (Fsp3) is 1.00. The molecule has 2 nitrogen and oxygen atoms in total. The normalized spacial score (nSPS) is 29.1. The van der Waals surface area contributed by atoms with Gasteiger partial charge in [0.2, 0.25) is 0 Å². The molecule has 94 valence electrons. The van der Waals surface area contributed by atoms with Crippen molar-refractivity contribution in [3.63, 3.8) is 0 Å². The smallest absolute Gasteiger partial charge is 0.261 e. The zero-order valence-electron chi connectivity index (χ0n) is 10.3. The molecule has 2 saturated heterocycles. The lowest BCUT2D eigenvalue weighted by Gasteiger charge is -2.38. The molecular formula is C12H22F2N2. The lowest BCUT2D eigenvalue weighted by atomic mass is 10.0. The van der Waals surface area contributed by atoms with Crippen LogP contribution in [0.15, 0.2) is 0 Å².